The standard InChI is InChI=1S/C16H23NO2/c1-12(13-6-8-18-9-7-13)17-16-11-19-10-14-4-2-3-5-15(14)16/h2-5,12-13,16-17H,6-11H2,1H3. The highest BCUT2D eigenvalue weighted by molar-refractivity contribution is 5.31. The molecule has 2 aliphatic rings. The topological polar surface area (TPSA) is 30.5 Å². The Bertz CT molecular complexity index is 415. The van der Waals surface area contributed by atoms with Crippen LogP contribution >= 0.6 is 0 Å². The van der Waals surface area contributed by atoms with Crippen LogP contribution in [0.25, 0.3) is 0 Å². The average Bonchev–Trinajstić information content (AvgIpc) is 2.48. The zero-order chi connectivity index (χ0) is 13.1. The molecule has 0 radical (unpaired) electrons. The maximum Gasteiger partial charge on any atom is 0.0721 e. The summed E-state index contributed by atoms with van der Waals surface area (Å²) in [6, 6.07) is 9.46. The van der Waals surface area contributed by atoms with Crippen LogP contribution in [0.4, 0.5) is 0 Å². The van der Waals surface area contributed by atoms with Crippen LogP contribution < -0.4 is 5.32 Å². The molecule has 1 aromatic carbocycles. The Morgan fingerprint density at radius 3 is 2.79 bits per heavy atom. The average molecular weight is 261 g/mol. The molecule has 1 fully saturated rings. The third-order valence-corrected chi connectivity index (χ3v) is 4.41. The summed E-state index contributed by atoms with van der Waals surface area (Å²) in [4.78, 5) is 0. The SMILES string of the molecule is CC(NC1COCc2ccccc21)C1CCOCC1. The minimum absolute atomic E-state index is 0.336. The van der Waals surface area contributed by atoms with Gasteiger partial charge in [-0.1, -0.05) is 24.3 Å². The highest BCUT2D eigenvalue weighted by Crippen LogP contribution is 2.27. The van der Waals surface area contributed by atoms with Gasteiger partial charge in [-0.15, -0.1) is 0 Å². The Morgan fingerprint density at radius 1 is 1.16 bits per heavy atom. The van der Waals surface area contributed by atoms with E-state index in [0.29, 0.717) is 12.1 Å². The van der Waals surface area contributed by atoms with Gasteiger partial charge < -0.3 is 14.8 Å². The van der Waals surface area contributed by atoms with Gasteiger partial charge in [-0.2, -0.15) is 0 Å². The zero-order valence-corrected chi connectivity index (χ0v) is 11.6. The van der Waals surface area contributed by atoms with Gasteiger partial charge >= 0.3 is 0 Å². The van der Waals surface area contributed by atoms with Crippen LogP contribution in [0.15, 0.2) is 24.3 Å². The molecule has 0 aliphatic carbocycles. The Kier molecular flexibility index (Phi) is 4.16. The Balaban J connectivity index is 1.66. The molecule has 0 aromatic heterocycles. The first-order chi connectivity index (χ1) is 9.34. The minimum Gasteiger partial charge on any atom is -0.381 e. The van der Waals surface area contributed by atoms with Crippen LogP contribution in [0.1, 0.15) is 36.9 Å². The highest BCUT2D eigenvalue weighted by Gasteiger charge is 2.26. The molecule has 1 saturated heterocycles. The molecule has 0 spiro atoms. The third kappa shape index (κ3) is 2.99. The van der Waals surface area contributed by atoms with Gasteiger partial charge in [0.2, 0.25) is 0 Å². The van der Waals surface area contributed by atoms with Crippen LogP contribution in [0.2, 0.25) is 0 Å². The van der Waals surface area contributed by atoms with Gasteiger partial charge in [0, 0.05) is 19.3 Å². The molecule has 2 unspecified atom stereocenters. The summed E-state index contributed by atoms with van der Waals surface area (Å²) in [6.07, 6.45) is 2.34. The smallest absolute Gasteiger partial charge is 0.0721 e. The van der Waals surface area contributed by atoms with Crippen LogP contribution in [-0.2, 0) is 16.1 Å². The van der Waals surface area contributed by atoms with E-state index in [2.05, 4.69) is 36.5 Å². The summed E-state index contributed by atoms with van der Waals surface area (Å²) in [5.74, 6) is 0.725. The molecule has 3 heteroatoms. The van der Waals surface area contributed by atoms with Crippen molar-refractivity contribution in [3.8, 4) is 0 Å². The van der Waals surface area contributed by atoms with E-state index < -0.39 is 0 Å². The van der Waals surface area contributed by atoms with E-state index in [9.17, 15) is 0 Å². The van der Waals surface area contributed by atoms with Crippen LogP contribution in [0.5, 0.6) is 0 Å². The van der Waals surface area contributed by atoms with Gasteiger partial charge in [0.25, 0.3) is 0 Å². The second-order valence-electron chi connectivity index (χ2n) is 5.67. The van der Waals surface area contributed by atoms with Crippen molar-refractivity contribution in [1.82, 2.24) is 5.32 Å². The lowest BCUT2D eigenvalue weighted by molar-refractivity contribution is 0.0442. The second-order valence-corrected chi connectivity index (χ2v) is 5.67. The molecular formula is C16H23NO2. The van der Waals surface area contributed by atoms with Gasteiger partial charge in [-0.25, -0.2) is 0 Å². The molecule has 19 heavy (non-hydrogen) atoms. The maximum absolute atomic E-state index is 5.71. The zero-order valence-electron chi connectivity index (χ0n) is 11.6. The van der Waals surface area contributed by atoms with E-state index in [0.717, 1.165) is 32.3 Å². The number of rotatable bonds is 3. The van der Waals surface area contributed by atoms with Gasteiger partial charge in [-0.05, 0) is 36.8 Å². The second kappa shape index (κ2) is 6.04. The molecule has 2 heterocycles. The molecule has 1 aromatic rings. The van der Waals surface area contributed by atoms with Crippen molar-refractivity contribution < 1.29 is 9.47 Å². The molecule has 0 amide bonds. The summed E-state index contributed by atoms with van der Waals surface area (Å²) in [5, 5.41) is 3.76. The van der Waals surface area contributed by atoms with E-state index >= 15 is 0 Å². The molecule has 2 atom stereocenters. The minimum atomic E-state index is 0.336. The van der Waals surface area contributed by atoms with Gasteiger partial charge in [0.15, 0.2) is 0 Å². The third-order valence-electron chi connectivity index (χ3n) is 4.41. The molecule has 0 saturated carbocycles. The summed E-state index contributed by atoms with van der Waals surface area (Å²) in [7, 11) is 0. The summed E-state index contributed by atoms with van der Waals surface area (Å²) < 4.78 is 11.2. The van der Waals surface area contributed by atoms with E-state index in [4.69, 9.17) is 9.47 Å². The van der Waals surface area contributed by atoms with Crippen molar-refractivity contribution in [2.75, 3.05) is 19.8 Å². The Morgan fingerprint density at radius 2 is 1.95 bits per heavy atom. The first kappa shape index (κ1) is 13.1. The van der Waals surface area contributed by atoms with E-state index in [1.54, 1.807) is 0 Å². The molecule has 0 bridgehead atoms. The quantitative estimate of drug-likeness (QED) is 0.907. The fourth-order valence-electron chi connectivity index (χ4n) is 3.19. The number of hydrogen-bond acceptors (Lipinski definition) is 3. The van der Waals surface area contributed by atoms with Crippen molar-refractivity contribution in [2.45, 2.75) is 38.5 Å². The molecule has 3 nitrogen and oxygen atoms in total. The lowest BCUT2D eigenvalue weighted by Gasteiger charge is -2.34. The van der Waals surface area contributed by atoms with E-state index in [1.165, 1.54) is 24.0 Å². The van der Waals surface area contributed by atoms with Gasteiger partial charge in [0.1, 0.15) is 0 Å². The molecule has 104 valence electrons. The van der Waals surface area contributed by atoms with Crippen molar-refractivity contribution in [2.24, 2.45) is 5.92 Å². The van der Waals surface area contributed by atoms with E-state index in [-0.39, 0.29) is 0 Å². The van der Waals surface area contributed by atoms with Crippen molar-refractivity contribution >= 4 is 0 Å². The Hall–Kier alpha value is -0.900. The fraction of sp³-hybridized carbons (Fsp3) is 0.625. The number of hydrogen-bond donors (Lipinski definition) is 1. The van der Waals surface area contributed by atoms with Gasteiger partial charge in [0.05, 0.1) is 19.3 Å². The summed E-state index contributed by atoms with van der Waals surface area (Å²) in [5.41, 5.74) is 2.73. The van der Waals surface area contributed by atoms with Crippen LogP contribution in [0, 0.1) is 5.92 Å². The first-order valence-electron chi connectivity index (χ1n) is 7.34. The lowest BCUT2D eigenvalue weighted by Crippen LogP contribution is -2.41. The number of fused-ring (bicyclic) bond motifs is 1. The van der Waals surface area contributed by atoms with Crippen molar-refractivity contribution in [3.05, 3.63) is 35.4 Å². The van der Waals surface area contributed by atoms with Crippen LogP contribution in [-0.4, -0.2) is 25.9 Å². The first-order valence-corrected chi connectivity index (χ1v) is 7.34. The van der Waals surface area contributed by atoms with Crippen molar-refractivity contribution in [3.63, 3.8) is 0 Å². The Labute approximate surface area is 115 Å². The predicted octanol–water partition coefficient (Wildman–Crippen LogP) is 2.66. The monoisotopic (exact) mass is 261 g/mol. The molecular weight excluding hydrogens is 238 g/mol. The fourth-order valence-corrected chi connectivity index (χ4v) is 3.19. The number of nitrogens with one attached hydrogen (secondary N) is 1. The van der Waals surface area contributed by atoms with Crippen molar-refractivity contribution in [1.29, 1.82) is 0 Å². The van der Waals surface area contributed by atoms with Gasteiger partial charge in [-0.3, -0.25) is 0 Å². The predicted molar refractivity (Wildman–Crippen MR) is 75.0 cm³/mol. The lowest BCUT2D eigenvalue weighted by atomic mass is 9.91. The number of ether oxygens (including phenoxy) is 2. The molecule has 1 N–H and O–H groups in total. The maximum atomic E-state index is 5.71. The van der Waals surface area contributed by atoms with Crippen LogP contribution in [0.3, 0.4) is 0 Å². The molecule has 3 rings (SSSR count). The normalized spacial score (nSPS) is 25.8. The summed E-state index contributed by atoms with van der Waals surface area (Å²) >= 11 is 0. The molecule has 2 aliphatic heterocycles. The number of benzene rings is 1. The largest absolute Gasteiger partial charge is 0.381 e. The van der Waals surface area contributed by atoms with E-state index in [1.807, 2.05) is 0 Å². The highest BCUT2D eigenvalue weighted by atomic mass is 16.5. The summed E-state index contributed by atoms with van der Waals surface area (Å²) in [6.45, 7) is 5.65.